The number of hydrogen-bond acceptors (Lipinski definition) is 2. The molecule has 0 saturated carbocycles. The molecule has 0 rings (SSSR count). The molecule has 0 spiro atoms. The summed E-state index contributed by atoms with van der Waals surface area (Å²) in [5.74, 6) is 0. The van der Waals surface area contributed by atoms with Crippen LogP contribution in [-0.4, -0.2) is 17.5 Å². The molecule has 0 bridgehead atoms. The topological polar surface area (TPSA) is 74.6 Å². The van der Waals surface area contributed by atoms with Crippen LogP contribution in [0.3, 0.4) is 0 Å². The number of hydrogen-bond donors (Lipinski definition) is 2. The van der Waals surface area contributed by atoms with Crippen molar-refractivity contribution in [3.8, 4) is 0 Å². The van der Waals surface area contributed by atoms with Crippen molar-refractivity contribution in [3.63, 3.8) is 0 Å². The van der Waals surface area contributed by atoms with Gasteiger partial charge in [-0.2, -0.15) is 8.42 Å². The fourth-order valence-corrected chi connectivity index (χ4v) is 0. The van der Waals surface area contributed by atoms with Gasteiger partial charge in [0.1, 0.15) is 0 Å². The molecule has 0 saturated heterocycles. The summed E-state index contributed by atoms with van der Waals surface area (Å²) in [5, 5.41) is 0. The minimum atomic E-state index is -4.67. The van der Waals surface area contributed by atoms with E-state index < -0.39 is 10.4 Å². The Hall–Kier alpha value is 0.207. The SMILES string of the molecule is O=S(=O)(O)O.[CH-]=C.[Li+]. The Morgan fingerprint density at radius 3 is 1.25 bits per heavy atom. The monoisotopic (exact) mass is 132 g/mol. The van der Waals surface area contributed by atoms with Gasteiger partial charge in [-0.15, -0.1) is 0 Å². The van der Waals surface area contributed by atoms with E-state index in [0.717, 1.165) is 0 Å². The molecular formula is C2H5LiO4S. The summed E-state index contributed by atoms with van der Waals surface area (Å²) >= 11 is 0. The van der Waals surface area contributed by atoms with Gasteiger partial charge in [0.15, 0.2) is 0 Å². The molecule has 44 valence electrons. The molecule has 0 aromatic carbocycles. The Bertz CT molecular complexity index is 108. The molecule has 0 fully saturated rings. The predicted octanol–water partition coefficient (Wildman–Crippen LogP) is -3.04. The molecule has 0 atom stereocenters. The average Bonchev–Trinajstić information content (AvgIpc) is 1.36. The quantitative estimate of drug-likeness (QED) is 0.209. The molecule has 0 aromatic rings. The van der Waals surface area contributed by atoms with Gasteiger partial charge >= 0.3 is 29.3 Å². The van der Waals surface area contributed by atoms with Crippen LogP contribution < -0.4 is 18.9 Å². The molecular weight excluding hydrogens is 127 g/mol. The fraction of sp³-hybridized carbons (Fsp3) is 0. The Labute approximate surface area is 60.3 Å². The summed E-state index contributed by atoms with van der Waals surface area (Å²) < 4.78 is 31.6. The minimum absolute atomic E-state index is 0. The summed E-state index contributed by atoms with van der Waals surface area (Å²) in [6.45, 7) is 7.00. The van der Waals surface area contributed by atoms with E-state index in [9.17, 15) is 0 Å². The first kappa shape index (κ1) is 15.7. The largest absolute Gasteiger partial charge is 1.00 e. The van der Waals surface area contributed by atoms with Gasteiger partial charge in [-0.05, 0) is 0 Å². The van der Waals surface area contributed by atoms with Crippen molar-refractivity contribution >= 4 is 10.4 Å². The zero-order valence-electron chi connectivity index (χ0n) is 4.40. The van der Waals surface area contributed by atoms with Gasteiger partial charge < -0.3 is 6.58 Å². The van der Waals surface area contributed by atoms with Crippen molar-refractivity contribution in [2.45, 2.75) is 0 Å². The normalized spacial score (nSPS) is 7.75. The Morgan fingerprint density at radius 1 is 1.25 bits per heavy atom. The first-order valence-electron chi connectivity index (χ1n) is 1.11. The molecule has 6 heteroatoms. The van der Waals surface area contributed by atoms with E-state index in [2.05, 4.69) is 13.2 Å². The van der Waals surface area contributed by atoms with Crippen molar-refractivity contribution in [2.24, 2.45) is 0 Å². The second-order valence-electron chi connectivity index (χ2n) is 0.448. The predicted molar refractivity (Wildman–Crippen MR) is 24.1 cm³/mol. The zero-order valence-corrected chi connectivity index (χ0v) is 5.22. The van der Waals surface area contributed by atoms with Gasteiger partial charge in [0.05, 0.1) is 0 Å². The Kier molecular flexibility index (Phi) is 14.2. The first-order chi connectivity index (χ1) is 3.00. The van der Waals surface area contributed by atoms with E-state index in [0.29, 0.717) is 0 Å². The van der Waals surface area contributed by atoms with E-state index in [1.165, 1.54) is 0 Å². The number of rotatable bonds is 0. The molecule has 0 unspecified atom stereocenters. The van der Waals surface area contributed by atoms with Gasteiger partial charge in [-0.1, -0.05) is 0 Å². The second-order valence-corrected chi connectivity index (χ2v) is 1.34. The third kappa shape index (κ3) is 3910. The van der Waals surface area contributed by atoms with E-state index in [4.69, 9.17) is 17.5 Å². The fourth-order valence-electron chi connectivity index (χ4n) is 0. The maximum Gasteiger partial charge on any atom is 1.00 e. The summed E-state index contributed by atoms with van der Waals surface area (Å²) in [6.07, 6.45) is 0. The van der Waals surface area contributed by atoms with Crippen molar-refractivity contribution < 1.29 is 36.4 Å². The Morgan fingerprint density at radius 2 is 1.25 bits per heavy atom. The van der Waals surface area contributed by atoms with Gasteiger partial charge in [-0.25, -0.2) is 0 Å². The van der Waals surface area contributed by atoms with Gasteiger partial charge in [0.2, 0.25) is 0 Å². The Balaban J connectivity index is -0.0000000750. The second kappa shape index (κ2) is 7.21. The van der Waals surface area contributed by atoms with Crippen LogP contribution in [0.1, 0.15) is 0 Å². The maximum atomic E-state index is 8.74. The molecule has 0 aromatic heterocycles. The van der Waals surface area contributed by atoms with Gasteiger partial charge in [0.25, 0.3) is 0 Å². The molecule has 8 heavy (non-hydrogen) atoms. The van der Waals surface area contributed by atoms with Crippen LogP contribution in [0.2, 0.25) is 0 Å². The van der Waals surface area contributed by atoms with Crippen LogP contribution in [0.4, 0.5) is 0 Å². The van der Waals surface area contributed by atoms with Gasteiger partial charge in [-0.3, -0.25) is 15.7 Å². The van der Waals surface area contributed by atoms with Gasteiger partial charge in [0, 0.05) is 0 Å². The zero-order chi connectivity index (χ0) is 6.50. The van der Waals surface area contributed by atoms with Crippen LogP contribution >= 0.6 is 0 Å². The first-order valence-corrected chi connectivity index (χ1v) is 2.50. The minimum Gasteiger partial charge on any atom is -0.521 e. The van der Waals surface area contributed by atoms with Crippen LogP contribution in [0.15, 0.2) is 6.58 Å². The third-order valence-corrected chi connectivity index (χ3v) is 0. The van der Waals surface area contributed by atoms with Crippen LogP contribution in [0, 0.1) is 6.58 Å². The van der Waals surface area contributed by atoms with E-state index >= 15 is 0 Å². The summed E-state index contributed by atoms with van der Waals surface area (Å²) in [5.41, 5.74) is 0. The van der Waals surface area contributed by atoms with Crippen molar-refractivity contribution in [1.29, 1.82) is 0 Å². The smallest absolute Gasteiger partial charge is 0.521 e. The van der Waals surface area contributed by atoms with Crippen molar-refractivity contribution in [3.05, 3.63) is 13.2 Å². The molecule has 0 aliphatic carbocycles. The molecule has 4 nitrogen and oxygen atoms in total. The van der Waals surface area contributed by atoms with Crippen LogP contribution in [0.25, 0.3) is 0 Å². The summed E-state index contributed by atoms with van der Waals surface area (Å²) in [4.78, 5) is 0. The van der Waals surface area contributed by atoms with Crippen LogP contribution in [0.5, 0.6) is 0 Å². The molecule has 0 aliphatic rings. The molecule has 0 aliphatic heterocycles. The van der Waals surface area contributed by atoms with E-state index in [1.807, 2.05) is 0 Å². The average molecular weight is 132 g/mol. The molecule has 0 amide bonds. The van der Waals surface area contributed by atoms with E-state index in [1.54, 1.807) is 0 Å². The summed E-state index contributed by atoms with van der Waals surface area (Å²) in [6, 6.07) is 0. The molecule has 0 radical (unpaired) electrons. The molecule has 0 heterocycles. The summed E-state index contributed by atoms with van der Waals surface area (Å²) in [7, 11) is -4.67. The molecule has 2 N–H and O–H groups in total. The third-order valence-electron chi connectivity index (χ3n) is 0. The van der Waals surface area contributed by atoms with Crippen molar-refractivity contribution in [2.75, 3.05) is 0 Å². The van der Waals surface area contributed by atoms with E-state index in [-0.39, 0.29) is 18.9 Å². The standard InChI is InChI=1S/C2H3.Li.H2O4S/c1-2;;1-5(2,3)4/h1H,2H2;;(H2,1,2,3,4)/q-1;+1;. The maximum absolute atomic E-state index is 8.74. The van der Waals surface area contributed by atoms with Crippen molar-refractivity contribution in [1.82, 2.24) is 0 Å². The van der Waals surface area contributed by atoms with Crippen LogP contribution in [-0.2, 0) is 10.4 Å².